The molecule has 130 valence electrons. The van der Waals surface area contributed by atoms with Gasteiger partial charge in [0.25, 0.3) is 0 Å². The average molecular weight is 342 g/mol. The molecule has 0 aromatic carbocycles. The Hall–Kier alpha value is -1.67. The predicted octanol–water partition coefficient (Wildman–Crippen LogP) is 1.89. The summed E-state index contributed by atoms with van der Waals surface area (Å²) in [6.45, 7) is 9.85. The van der Waals surface area contributed by atoms with Gasteiger partial charge < -0.3 is 20.1 Å². The molecule has 1 aromatic rings. The Bertz CT molecular complexity index is 531. The van der Waals surface area contributed by atoms with Crippen LogP contribution in [0.15, 0.2) is 4.99 Å². The quantitative estimate of drug-likeness (QED) is 0.325. The highest BCUT2D eigenvalue weighted by Crippen LogP contribution is 2.24. The molecule has 0 saturated heterocycles. The van der Waals surface area contributed by atoms with Gasteiger partial charge in [-0.1, -0.05) is 0 Å². The van der Waals surface area contributed by atoms with Crippen LogP contribution in [-0.4, -0.2) is 50.3 Å². The van der Waals surface area contributed by atoms with Gasteiger partial charge in [0, 0.05) is 13.7 Å². The Morgan fingerprint density at radius 1 is 1.43 bits per heavy atom. The van der Waals surface area contributed by atoms with Gasteiger partial charge in [0.2, 0.25) is 0 Å². The summed E-state index contributed by atoms with van der Waals surface area (Å²) in [6, 6.07) is -0.0674. The first kappa shape index (κ1) is 19.4. The van der Waals surface area contributed by atoms with Crippen molar-refractivity contribution in [1.29, 1.82) is 0 Å². The number of hydrogen-bond acceptors (Lipinski definition) is 6. The smallest absolute Gasteiger partial charge is 0.350 e. The summed E-state index contributed by atoms with van der Waals surface area (Å²) < 4.78 is 10.1. The predicted molar refractivity (Wildman–Crippen MR) is 92.2 cm³/mol. The number of ether oxygens (including phenoxy) is 2. The maximum atomic E-state index is 11.9. The van der Waals surface area contributed by atoms with Crippen molar-refractivity contribution in [3.8, 4) is 0 Å². The molecule has 0 radical (unpaired) electrons. The first-order valence-corrected chi connectivity index (χ1v) is 8.53. The lowest BCUT2D eigenvalue weighted by atomic mass is 10.3. The second kappa shape index (κ2) is 10.2. The minimum Gasteiger partial charge on any atom is -0.462 e. The lowest BCUT2D eigenvalue weighted by Crippen LogP contribution is -2.39. The van der Waals surface area contributed by atoms with Gasteiger partial charge in [-0.15, -0.1) is 11.3 Å². The van der Waals surface area contributed by atoms with Crippen LogP contribution < -0.4 is 10.6 Å². The molecule has 1 rings (SSSR count). The fourth-order valence-corrected chi connectivity index (χ4v) is 2.79. The van der Waals surface area contributed by atoms with Gasteiger partial charge in [0.05, 0.1) is 31.5 Å². The number of guanidine groups is 1. The molecule has 0 spiro atoms. The number of esters is 1. The number of nitrogens with zero attached hydrogens (tertiary/aromatic N) is 2. The van der Waals surface area contributed by atoms with E-state index in [1.165, 1.54) is 11.3 Å². The van der Waals surface area contributed by atoms with Crippen LogP contribution in [0.3, 0.4) is 0 Å². The topological polar surface area (TPSA) is 84.8 Å². The van der Waals surface area contributed by atoms with Crippen LogP contribution in [0.1, 0.15) is 47.2 Å². The Morgan fingerprint density at radius 3 is 2.78 bits per heavy atom. The average Bonchev–Trinajstić information content (AvgIpc) is 2.90. The first-order chi connectivity index (χ1) is 11.0. The maximum absolute atomic E-state index is 11.9. The number of methoxy groups -OCH3 is 1. The molecule has 1 unspecified atom stereocenters. The SMILES string of the molecule is CCNC(=NCCOC)NC(C)c1nc(C)c(C(=O)OCC)s1. The Balaban J connectivity index is 2.79. The molecule has 0 aliphatic carbocycles. The number of rotatable bonds is 8. The minimum absolute atomic E-state index is 0.0674. The van der Waals surface area contributed by atoms with Crippen molar-refractivity contribution >= 4 is 23.3 Å². The van der Waals surface area contributed by atoms with Crippen molar-refractivity contribution < 1.29 is 14.3 Å². The van der Waals surface area contributed by atoms with Crippen LogP contribution >= 0.6 is 11.3 Å². The fraction of sp³-hybridized carbons (Fsp3) is 0.667. The standard InChI is InChI=1S/C15H26N4O3S/c1-6-16-15(17-8-9-21-5)19-11(4)13-18-10(3)12(23-13)14(20)22-7-2/h11H,6-9H2,1-5H3,(H2,16,17,19). The van der Waals surface area contributed by atoms with Gasteiger partial charge in [-0.05, 0) is 27.7 Å². The molecular weight excluding hydrogens is 316 g/mol. The van der Waals surface area contributed by atoms with E-state index >= 15 is 0 Å². The Kier molecular flexibility index (Phi) is 8.57. The number of aliphatic imine (C=N–C) groups is 1. The Morgan fingerprint density at radius 2 is 2.17 bits per heavy atom. The molecule has 23 heavy (non-hydrogen) atoms. The van der Waals surface area contributed by atoms with Gasteiger partial charge in [-0.3, -0.25) is 4.99 Å². The summed E-state index contributed by atoms with van der Waals surface area (Å²) in [5.74, 6) is 0.379. The van der Waals surface area contributed by atoms with Gasteiger partial charge in [0.1, 0.15) is 9.88 Å². The molecular formula is C15H26N4O3S. The molecule has 2 N–H and O–H groups in total. The molecule has 1 atom stereocenters. The van der Waals surface area contributed by atoms with E-state index in [-0.39, 0.29) is 12.0 Å². The molecule has 7 nitrogen and oxygen atoms in total. The van der Waals surface area contributed by atoms with Crippen LogP contribution in [0.2, 0.25) is 0 Å². The second-order valence-electron chi connectivity index (χ2n) is 4.81. The summed E-state index contributed by atoms with van der Waals surface area (Å²) >= 11 is 1.35. The van der Waals surface area contributed by atoms with Gasteiger partial charge in [-0.2, -0.15) is 0 Å². The van der Waals surface area contributed by atoms with E-state index in [9.17, 15) is 4.79 Å². The summed E-state index contributed by atoms with van der Waals surface area (Å²) in [6.07, 6.45) is 0. The third kappa shape index (κ3) is 6.15. The molecule has 0 aliphatic rings. The summed E-state index contributed by atoms with van der Waals surface area (Å²) in [5, 5.41) is 7.28. The lowest BCUT2D eigenvalue weighted by molar-refractivity contribution is 0.0531. The third-order valence-corrected chi connectivity index (χ3v) is 4.23. The highest BCUT2D eigenvalue weighted by Gasteiger charge is 2.19. The number of nitrogens with one attached hydrogen (secondary N) is 2. The fourth-order valence-electron chi connectivity index (χ4n) is 1.82. The summed E-state index contributed by atoms with van der Waals surface area (Å²) in [5.41, 5.74) is 0.693. The summed E-state index contributed by atoms with van der Waals surface area (Å²) in [4.78, 5) is 21.3. The number of carbonyl (C=O) groups is 1. The van der Waals surface area contributed by atoms with E-state index in [1.54, 1.807) is 14.0 Å². The highest BCUT2D eigenvalue weighted by molar-refractivity contribution is 7.13. The molecule has 1 heterocycles. The van der Waals surface area contributed by atoms with Crippen molar-refractivity contribution in [2.24, 2.45) is 4.99 Å². The van der Waals surface area contributed by atoms with Crippen molar-refractivity contribution in [2.75, 3.05) is 33.4 Å². The van der Waals surface area contributed by atoms with E-state index in [2.05, 4.69) is 20.6 Å². The van der Waals surface area contributed by atoms with Crippen molar-refractivity contribution in [1.82, 2.24) is 15.6 Å². The van der Waals surface area contributed by atoms with E-state index in [0.29, 0.717) is 36.3 Å². The van der Waals surface area contributed by atoms with Crippen molar-refractivity contribution in [3.05, 3.63) is 15.6 Å². The number of aromatic nitrogens is 1. The first-order valence-electron chi connectivity index (χ1n) is 7.71. The van der Waals surface area contributed by atoms with E-state index in [4.69, 9.17) is 9.47 Å². The minimum atomic E-state index is -0.318. The lowest BCUT2D eigenvalue weighted by Gasteiger charge is -2.15. The van der Waals surface area contributed by atoms with E-state index in [0.717, 1.165) is 11.6 Å². The zero-order chi connectivity index (χ0) is 17.2. The van der Waals surface area contributed by atoms with Gasteiger partial charge in [-0.25, -0.2) is 9.78 Å². The van der Waals surface area contributed by atoms with Crippen molar-refractivity contribution in [3.63, 3.8) is 0 Å². The summed E-state index contributed by atoms with van der Waals surface area (Å²) in [7, 11) is 1.65. The number of hydrogen-bond donors (Lipinski definition) is 2. The van der Waals surface area contributed by atoms with Crippen LogP contribution in [-0.2, 0) is 9.47 Å². The molecule has 0 aliphatic heterocycles. The van der Waals surface area contributed by atoms with Crippen LogP contribution in [0.25, 0.3) is 0 Å². The second-order valence-corrected chi connectivity index (χ2v) is 5.84. The Labute approximate surface area is 141 Å². The molecule has 0 fully saturated rings. The zero-order valence-corrected chi connectivity index (χ0v) is 15.2. The third-order valence-electron chi connectivity index (χ3n) is 2.91. The maximum Gasteiger partial charge on any atom is 0.350 e. The van der Waals surface area contributed by atoms with Crippen LogP contribution in [0.5, 0.6) is 0 Å². The van der Waals surface area contributed by atoms with Gasteiger partial charge >= 0.3 is 5.97 Å². The normalized spacial score (nSPS) is 12.8. The molecule has 1 aromatic heterocycles. The molecule has 0 amide bonds. The van der Waals surface area contributed by atoms with Crippen LogP contribution in [0.4, 0.5) is 0 Å². The number of aryl methyl sites for hydroxylation is 1. The molecule has 0 bridgehead atoms. The van der Waals surface area contributed by atoms with Gasteiger partial charge in [0.15, 0.2) is 5.96 Å². The van der Waals surface area contributed by atoms with E-state index < -0.39 is 0 Å². The monoisotopic (exact) mass is 342 g/mol. The zero-order valence-electron chi connectivity index (χ0n) is 14.4. The molecule has 8 heteroatoms. The highest BCUT2D eigenvalue weighted by atomic mass is 32.1. The van der Waals surface area contributed by atoms with E-state index in [1.807, 2.05) is 20.8 Å². The number of carbonyl (C=O) groups excluding carboxylic acids is 1. The molecule has 0 saturated carbocycles. The van der Waals surface area contributed by atoms with Crippen molar-refractivity contribution in [2.45, 2.75) is 33.7 Å². The largest absolute Gasteiger partial charge is 0.462 e. The van der Waals surface area contributed by atoms with Crippen LogP contribution in [0, 0.1) is 6.92 Å². The number of thiazole rings is 1.